The van der Waals surface area contributed by atoms with Crippen molar-refractivity contribution in [1.29, 1.82) is 0 Å². The summed E-state index contributed by atoms with van der Waals surface area (Å²) in [5.74, 6) is -0.0454. The third kappa shape index (κ3) is 11.6. The van der Waals surface area contributed by atoms with Crippen molar-refractivity contribution < 1.29 is 14.0 Å². The topological polar surface area (TPSA) is 67.4 Å². The maximum atomic E-state index is 12.3. The van der Waals surface area contributed by atoms with Crippen LogP contribution in [-0.4, -0.2) is 41.0 Å². The summed E-state index contributed by atoms with van der Waals surface area (Å²) in [4.78, 5) is 27.4. The van der Waals surface area contributed by atoms with Gasteiger partial charge in [-0.25, -0.2) is 0 Å². The maximum Gasteiger partial charge on any atom is 0.312 e. The van der Waals surface area contributed by atoms with Crippen LogP contribution in [-0.2, 0) is 14.0 Å². The fourth-order valence-electron chi connectivity index (χ4n) is 1.89. The maximum absolute atomic E-state index is 12.3. The molecule has 1 amide bonds. The van der Waals surface area contributed by atoms with E-state index in [1.54, 1.807) is 0 Å². The smallest absolute Gasteiger partial charge is 0.312 e. The second-order valence-corrected chi connectivity index (χ2v) is 17.1. The Morgan fingerprint density at radius 3 is 1.95 bits per heavy atom. The van der Waals surface area contributed by atoms with Gasteiger partial charge in [-0.05, 0) is 32.0 Å². The van der Waals surface area contributed by atoms with E-state index in [0.717, 1.165) is 6.42 Å². The van der Waals surface area contributed by atoms with Gasteiger partial charge in [0.2, 0.25) is 14.2 Å². The molecule has 0 bridgehead atoms. The predicted octanol–water partition coefficient (Wildman–Crippen LogP) is 2.32. The summed E-state index contributed by atoms with van der Waals surface area (Å²) in [5.41, 5.74) is 0. The number of hydrogen-bond acceptors (Lipinski definition) is 4. The lowest BCUT2D eigenvalue weighted by molar-refractivity contribution is -0.136. The summed E-state index contributed by atoms with van der Waals surface area (Å²) in [6, 6.07) is -0.239. The summed E-state index contributed by atoms with van der Waals surface area (Å²) in [6.07, 6.45) is 0.763. The van der Waals surface area contributed by atoms with Crippen molar-refractivity contribution in [2.75, 3.05) is 6.54 Å². The first-order valence-electron chi connectivity index (χ1n) is 7.57. The first-order valence-corrected chi connectivity index (χ1v) is 14.5. The summed E-state index contributed by atoms with van der Waals surface area (Å²) < 4.78 is 5.32. The third-order valence-corrected chi connectivity index (χ3v) is 4.51. The zero-order valence-electron chi connectivity index (χ0n) is 14.8. The van der Waals surface area contributed by atoms with Gasteiger partial charge in [-0.1, -0.05) is 33.5 Å². The van der Waals surface area contributed by atoms with Gasteiger partial charge in [0.1, 0.15) is 14.8 Å². The van der Waals surface area contributed by atoms with Crippen molar-refractivity contribution in [2.24, 2.45) is 5.92 Å². The van der Waals surface area contributed by atoms with Crippen LogP contribution in [0.3, 0.4) is 0 Å². The molecule has 0 aromatic heterocycles. The lowest BCUT2D eigenvalue weighted by atomic mass is 10.0. The van der Waals surface area contributed by atoms with E-state index < -0.39 is 16.6 Å². The van der Waals surface area contributed by atoms with Crippen LogP contribution in [0, 0.1) is 5.92 Å². The highest BCUT2D eigenvalue weighted by molar-refractivity contribution is 6.73. The molecule has 124 valence electrons. The highest BCUT2D eigenvalue weighted by Gasteiger charge is 2.26. The Kier molecular flexibility index (Phi) is 7.84. The molecular formula is C14H32N2O3Si2. The molecule has 1 unspecified atom stereocenters. The van der Waals surface area contributed by atoms with Crippen LogP contribution in [0.25, 0.3) is 0 Å². The molecule has 0 spiro atoms. The van der Waals surface area contributed by atoms with E-state index >= 15 is 0 Å². The molecule has 0 radical (unpaired) electrons. The molecule has 0 aliphatic rings. The van der Waals surface area contributed by atoms with Gasteiger partial charge < -0.3 is 14.7 Å². The second kappa shape index (κ2) is 8.09. The van der Waals surface area contributed by atoms with Crippen molar-refractivity contribution in [2.45, 2.75) is 65.6 Å². The standard InChI is InChI=1S/C14H32N2O3Si2/c1-11(2)9-12(16-20(3,4)5)14(18)15-10-13(17)19-21(6,7)8/h11-12,16H,9-10H2,1-8H3,(H,15,18). The van der Waals surface area contributed by atoms with Crippen molar-refractivity contribution in [3.8, 4) is 0 Å². The average Bonchev–Trinajstić information content (AvgIpc) is 2.19. The van der Waals surface area contributed by atoms with Gasteiger partial charge in [-0.2, -0.15) is 0 Å². The minimum Gasteiger partial charge on any atom is -0.519 e. The van der Waals surface area contributed by atoms with Crippen LogP contribution in [0.4, 0.5) is 0 Å². The number of hydrogen-bond donors (Lipinski definition) is 2. The number of amides is 1. The van der Waals surface area contributed by atoms with Gasteiger partial charge in [0.05, 0.1) is 6.04 Å². The summed E-state index contributed by atoms with van der Waals surface area (Å²) in [6.45, 7) is 16.4. The summed E-state index contributed by atoms with van der Waals surface area (Å²) in [5, 5.41) is 2.70. The Labute approximate surface area is 131 Å². The van der Waals surface area contributed by atoms with Gasteiger partial charge >= 0.3 is 5.97 Å². The van der Waals surface area contributed by atoms with Crippen LogP contribution in [0.2, 0.25) is 39.3 Å². The van der Waals surface area contributed by atoms with E-state index in [2.05, 4.69) is 43.8 Å². The second-order valence-electron chi connectivity index (χ2n) is 7.88. The molecule has 7 heteroatoms. The Morgan fingerprint density at radius 1 is 1.05 bits per heavy atom. The molecule has 0 rings (SSSR count). The van der Waals surface area contributed by atoms with Gasteiger partial charge in [0, 0.05) is 0 Å². The molecule has 0 fully saturated rings. The fraction of sp³-hybridized carbons (Fsp3) is 0.857. The molecule has 0 heterocycles. The van der Waals surface area contributed by atoms with E-state index in [-0.39, 0.29) is 24.5 Å². The van der Waals surface area contributed by atoms with E-state index in [1.807, 2.05) is 19.6 Å². The van der Waals surface area contributed by atoms with Gasteiger partial charge in [0.15, 0.2) is 0 Å². The van der Waals surface area contributed by atoms with Crippen LogP contribution in [0.1, 0.15) is 20.3 Å². The fourth-order valence-corrected chi connectivity index (χ4v) is 3.94. The van der Waals surface area contributed by atoms with Crippen LogP contribution in [0.15, 0.2) is 0 Å². The minimum absolute atomic E-state index is 0.0505. The lowest BCUT2D eigenvalue weighted by Gasteiger charge is -2.27. The first kappa shape index (κ1) is 20.3. The van der Waals surface area contributed by atoms with Crippen molar-refractivity contribution >= 4 is 28.4 Å². The molecule has 1 atom stereocenters. The number of nitrogens with one attached hydrogen (secondary N) is 2. The van der Waals surface area contributed by atoms with Crippen molar-refractivity contribution in [3.05, 3.63) is 0 Å². The van der Waals surface area contributed by atoms with Crippen LogP contribution in [0.5, 0.6) is 0 Å². The molecule has 21 heavy (non-hydrogen) atoms. The Bertz CT molecular complexity index is 360. The van der Waals surface area contributed by atoms with Crippen LogP contribution >= 0.6 is 0 Å². The highest BCUT2D eigenvalue weighted by atomic mass is 28.4. The van der Waals surface area contributed by atoms with Crippen molar-refractivity contribution in [3.63, 3.8) is 0 Å². The SMILES string of the molecule is CC(C)CC(N[Si](C)(C)C)C(=O)NCC(=O)O[Si](C)(C)C. The zero-order chi connectivity index (χ0) is 16.8. The number of carbonyl (C=O) groups excluding carboxylic acids is 2. The van der Waals surface area contributed by atoms with Gasteiger partial charge in [-0.15, -0.1) is 0 Å². The molecule has 5 nitrogen and oxygen atoms in total. The number of rotatable bonds is 8. The lowest BCUT2D eigenvalue weighted by Crippen LogP contribution is -2.55. The molecule has 0 aliphatic heterocycles. The minimum atomic E-state index is -1.89. The molecule has 0 saturated carbocycles. The van der Waals surface area contributed by atoms with E-state index in [9.17, 15) is 9.59 Å². The van der Waals surface area contributed by atoms with Gasteiger partial charge in [0.25, 0.3) is 0 Å². The molecule has 0 saturated heterocycles. The zero-order valence-corrected chi connectivity index (χ0v) is 16.8. The molecule has 0 aliphatic carbocycles. The number of carbonyl (C=O) groups is 2. The largest absolute Gasteiger partial charge is 0.519 e. The van der Waals surface area contributed by atoms with E-state index in [0.29, 0.717) is 5.92 Å². The summed E-state index contributed by atoms with van der Waals surface area (Å²) in [7, 11) is -3.46. The third-order valence-electron chi connectivity index (χ3n) is 2.46. The first-order chi connectivity index (χ1) is 9.30. The quantitative estimate of drug-likeness (QED) is 0.669. The molecule has 0 aromatic carbocycles. The van der Waals surface area contributed by atoms with E-state index in [1.165, 1.54) is 0 Å². The van der Waals surface area contributed by atoms with Crippen LogP contribution < -0.4 is 10.3 Å². The Balaban J connectivity index is 4.51. The monoisotopic (exact) mass is 332 g/mol. The highest BCUT2D eigenvalue weighted by Crippen LogP contribution is 2.08. The predicted molar refractivity (Wildman–Crippen MR) is 92.2 cm³/mol. The van der Waals surface area contributed by atoms with Gasteiger partial charge in [-0.3, -0.25) is 9.59 Å². The molecular weight excluding hydrogens is 300 g/mol. The molecule has 0 aromatic rings. The Morgan fingerprint density at radius 2 is 1.57 bits per heavy atom. The van der Waals surface area contributed by atoms with E-state index in [4.69, 9.17) is 4.43 Å². The van der Waals surface area contributed by atoms with Crippen molar-refractivity contribution in [1.82, 2.24) is 10.3 Å². The molecule has 2 N–H and O–H groups in total. The normalized spacial score (nSPS) is 14.0. The summed E-state index contributed by atoms with van der Waals surface area (Å²) >= 11 is 0. The Hall–Kier alpha value is -0.666. The average molecular weight is 333 g/mol.